The molecule has 0 unspecified atom stereocenters. The maximum absolute atomic E-state index is 14.3. The fourth-order valence-corrected chi connectivity index (χ4v) is 5.16. The number of aromatic nitrogens is 2. The number of benzene rings is 3. The number of aryl methyl sites for hydroxylation is 1. The minimum absolute atomic E-state index is 0.0355. The van der Waals surface area contributed by atoms with Crippen molar-refractivity contribution in [1.82, 2.24) is 14.5 Å². The molecular weight excluding hydrogens is 531 g/mol. The van der Waals surface area contributed by atoms with Gasteiger partial charge in [-0.05, 0) is 60.9 Å². The van der Waals surface area contributed by atoms with Crippen molar-refractivity contribution >= 4 is 39.6 Å². The number of carbonyl (C=O) groups is 1. The highest BCUT2D eigenvalue weighted by Crippen LogP contribution is 2.33. The number of carbonyl (C=O) groups excluding carboxylic acids is 1. The van der Waals surface area contributed by atoms with Crippen LogP contribution in [0.1, 0.15) is 47.2 Å². The number of hydrogen-bond donors (Lipinski definition) is 1. The van der Waals surface area contributed by atoms with Crippen LogP contribution in [0.3, 0.4) is 0 Å². The van der Waals surface area contributed by atoms with Crippen LogP contribution in [0.5, 0.6) is 0 Å². The van der Waals surface area contributed by atoms with Crippen LogP contribution >= 0.6 is 11.6 Å². The second kappa shape index (κ2) is 11.2. The van der Waals surface area contributed by atoms with Gasteiger partial charge in [0.2, 0.25) is 5.58 Å². The highest BCUT2D eigenvalue weighted by Gasteiger charge is 2.33. The topological polar surface area (TPSA) is 94.4 Å². The average molecular weight is 561 g/mol. The van der Waals surface area contributed by atoms with Gasteiger partial charge in [0.1, 0.15) is 22.7 Å². The first-order valence-corrected chi connectivity index (χ1v) is 13.5. The van der Waals surface area contributed by atoms with E-state index < -0.39 is 17.4 Å². The summed E-state index contributed by atoms with van der Waals surface area (Å²) in [4.78, 5) is 34.5. The first kappa shape index (κ1) is 27.6. The van der Waals surface area contributed by atoms with Crippen molar-refractivity contribution in [2.45, 2.75) is 33.4 Å². The monoisotopic (exact) mass is 560 g/mol. The van der Waals surface area contributed by atoms with Gasteiger partial charge in [0, 0.05) is 29.1 Å². The molecular formula is C31H30ClFN4O3. The molecule has 1 atom stereocenters. The molecule has 0 saturated carbocycles. The molecule has 5 aromatic rings. The zero-order valence-corrected chi connectivity index (χ0v) is 23.3. The second-order valence-electron chi connectivity index (χ2n) is 10.3. The minimum Gasteiger partial charge on any atom is -0.448 e. The summed E-state index contributed by atoms with van der Waals surface area (Å²) >= 11 is 6.07. The van der Waals surface area contributed by atoms with Crippen LogP contribution in [-0.4, -0.2) is 33.4 Å². The summed E-state index contributed by atoms with van der Waals surface area (Å²) in [6.45, 7) is 6.55. The van der Waals surface area contributed by atoms with Gasteiger partial charge in [-0.3, -0.25) is 14.2 Å². The van der Waals surface area contributed by atoms with Gasteiger partial charge in [-0.1, -0.05) is 55.3 Å². The second-order valence-corrected chi connectivity index (χ2v) is 10.7. The lowest BCUT2D eigenvalue weighted by Gasteiger charge is -2.35. The molecule has 0 aliphatic heterocycles. The minimum atomic E-state index is -0.632. The molecule has 1 amide bonds. The van der Waals surface area contributed by atoms with Gasteiger partial charge < -0.3 is 15.1 Å². The van der Waals surface area contributed by atoms with E-state index in [2.05, 4.69) is 0 Å². The Morgan fingerprint density at radius 2 is 1.80 bits per heavy atom. The summed E-state index contributed by atoms with van der Waals surface area (Å²) in [6.07, 6.45) is 0. The van der Waals surface area contributed by atoms with Crippen molar-refractivity contribution in [2.24, 2.45) is 11.7 Å². The third-order valence-corrected chi connectivity index (χ3v) is 7.23. The molecule has 0 radical (unpaired) electrons. The van der Waals surface area contributed by atoms with Crippen LogP contribution < -0.4 is 11.3 Å². The SMILES string of the molecule is Cc1ccc(Cn2c([C@@H](C(C)C)N(CCN)C(=O)c3ccc(Cl)cc3)nc3c(oc4ccc(F)cc43)c2=O)cc1. The molecule has 3 aromatic carbocycles. The number of nitrogens with two attached hydrogens (primary N) is 1. The maximum atomic E-state index is 14.3. The summed E-state index contributed by atoms with van der Waals surface area (Å²) in [6, 6.07) is 17.9. The molecule has 2 heterocycles. The van der Waals surface area contributed by atoms with Gasteiger partial charge >= 0.3 is 0 Å². The maximum Gasteiger partial charge on any atom is 0.297 e. The molecule has 0 aliphatic rings. The molecule has 0 aliphatic carbocycles. The van der Waals surface area contributed by atoms with E-state index in [1.165, 1.54) is 18.2 Å². The van der Waals surface area contributed by atoms with Gasteiger partial charge in [-0.2, -0.15) is 0 Å². The van der Waals surface area contributed by atoms with E-state index in [4.69, 9.17) is 26.7 Å². The van der Waals surface area contributed by atoms with E-state index in [0.29, 0.717) is 27.4 Å². The third-order valence-electron chi connectivity index (χ3n) is 6.98. The molecule has 0 fully saturated rings. The Labute approximate surface area is 236 Å². The summed E-state index contributed by atoms with van der Waals surface area (Å²) in [5.41, 5.74) is 8.65. The van der Waals surface area contributed by atoms with Crippen LogP contribution in [0.4, 0.5) is 4.39 Å². The number of halogens is 2. The van der Waals surface area contributed by atoms with Crippen molar-refractivity contribution in [1.29, 1.82) is 0 Å². The fourth-order valence-electron chi connectivity index (χ4n) is 5.03. The van der Waals surface area contributed by atoms with Crippen LogP contribution in [0.25, 0.3) is 22.1 Å². The smallest absolute Gasteiger partial charge is 0.297 e. The lowest BCUT2D eigenvalue weighted by atomic mass is 9.99. The Balaban J connectivity index is 1.76. The zero-order valence-electron chi connectivity index (χ0n) is 22.5. The molecule has 2 N–H and O–H groups in total. The highest BCUT2D eigenvalue weighted by atomic mass is 35.5. The Kier molecular flexibility index (Phi) is 7.74. The predicted molar refractivity (Wildman–Crippen MR) is 155 cm³/mol. The third kappa shape index (κ3) is 5.24. The Bertz CT molecular complexity index is 1740. The normalized spacial score (nSPS) is 12.4. The number of rotatable bonds is 8. The largest absolute Gasteiger partial charge is 0.448 e. The summed E-state index contributed by atoms with van der Waals surface area (Å²) in [7, 11) is 0. The lowest BCUT2D eigenvalue weighted by molar-refractivity contribution is 0.0612. The predicted octanol–water partition coefficient (Wildman–Crippen LogP) is 6.09. The average Bonchev–Trinajstić information content (AvgIpc) is 3.29. The molecule has 40 heavy (non-hydrogen) atoms. The standard InChI is InChI=1S/C31H30ClFN4O3/c1-18(2)27(36(15-14-34)30(38)21-8-10-22(32)11-9-21)29-35-26-24-16-23(33)12-13-25(24)40-28(26)31(39)37(29)17-20-6-4-19(3)5-7-20/h4-13,16,18,27H,14-15,17,34H2,1-3H3/t27-/m1/s1. The van der Waals surface area contributed by atoms with Gasteiger partial charge in [0.05, 0.1) is 12.6 Å². The highest BCUT2D eigenvalue weighted by molar-refractivity contribution is 6.30. The molecule has 0 saturated heterocycles. The zero-order chi connectivity index (χ0) is 28.6. The van der Waals surface area contributed by atoms with Crippen molar-refractivity contribution in [2.75, 3.05) is 13.1 Å². The van der Waals surface area contributed by atoms with Crippen molar-refractivity contribution in [3.8, 4) is 0 Å². The fraction of sp³-hybridized carbons (Fsp3) is 0.258. The Morgan fingerprint density at radius 3 is 2.45 bits per heavy atom. The first-order valence-electron chi connectivity index (χ1n) is 13.1. The van der Waals surface area contributed by atoms with Crippen LogP contribution in [0.15, 0.2) is 75.9 Å². The van der Waals surface area contributed by atoms with Crippen LogP contribution in [0, 0.1) is 18.7 Å². The summed E-state index contributed by atoms with van der Waals surface area (Å²) < 4.78 is 21.7. The van der Waals surface area contributed by atoms with Gasteiger partial charge in [-0.15, -0.1) is 0 Å². The van der Waals surface area contributed by atoms with Gasteiger partial charge in [0.25, 0.3) is 11.5 Å². The van der Waals surface area contributed by atoms with E-state index in [1.807, 2.05) is 45.0 Å². The van der Waals surface area contributed by atoms with E-state index in [9.17, 15) is 14.0 Å². The molecule has 0 spiro atoms. The molecule has 206 valence electrons. The summed E-state index contributed by atoms with van der Waals surface area (Å²) in [5.74, 6) is -0.521. The van der Waals surface area contributed by atoms with E-state index in [1.54, 1.807) is 33.7 Å². The number of nitrogens with zero attached hydrogens (tertiary/aromatic N) is 3. The van der Waals surface area contributed by atoms with Crippen molar-refractivity contribution in [3.63, 3.8) is 0 Å². The quantitative estimate of drug-likeness (QED) is 0.248. The Morgan fingerprint density at radius 1 is 1.10 bits per heavy atom. The number of furan rings is 1. The van der Waals surface area contributed by atoms with Crippen LogP contribution in [-0.2, 0) is 6.54 Å². The molecule has 0 bridgehead atoms. The molecule has 2 aromatic heterocycles. The van der Waals surface area contributed by atoms with Crippen LogP contribution in [0.2, 0.25) is 5.02 Å². The van der Waals surface area contributed by atoms with Gasteiger partial charge in [0.15, 0.2) is 0 Å². The summed E-state index contributed by atoms with van der Waals surface area (Å²) in [5, 5.41) is 0.910. The van der Waals surface area contributed by atoms with Gasteiger partial charge in [-0.25, -0.2) is 9.37 Å². The Hall–Kier alpha value is -4.01. The van der Waals surface area contributed by atoms with Crippen molar-refractivity contribution < 1.29 is 13.6 Å². The van der Waals surface area contributed by atoms with E-state index in [0.717, 1.165) is 11.1 Å². The number of fused-ring (bicyclic) bond motifs is 3. The lowest BCUT2D eigenvalue weighted by Crippen LogP contribution is -2.43. The van der Waals surface area contributed by atoms with Crippen molar-refractivity contribution in [3.05, 3.63) is 110 Å². The molecule has 5 rings (SSSR count). The first-order chi connectivity index (χ1) is 19.2. The number of hydrogen-bond acceptors (Lipinski definition) is 5. The molecule has 7 nitrogen and oxygen atoms in total. The number of amides is 1. The molecule has 9 heteroatoms. The van der Waals surface area contributed by atoms with E-state index in [-0.39, 0.29) is 42.6 Å². The van der Waals surface area contributed by atoms with E-state index >= 15 is 0 Å².